The molecule has 3 rings (SSSR count). The van der Waals surface area contributed by atoms with Gasteiger partial charge in [-0.2, -0.15) is 0 Å². The number of imidazole rings is 1. The number of aromatic nitrogens is 2. The zero-order valence-electron chi connectivity index (χ0n) is 15.3. The fraction of sp³-hybridized carbons (Fsp3) is 0.474. The van der Waals surface area contributed by atoms with Crippen molar-refractivity contribution in [2.75, 3.05) is 5.32 Å². The van der Waals surface area contributed by atoms with E-state index in [0.29, 0.717) is 0 Å². The predicted octanol–water partition coefficient (Wildman–Crippen LogP) is 3.78. The molecule has 0 unspecified atom stereocenters. The van der Waals surface area contributed by atoms with Crippen molar-refractivity contribution in [1.82, 2.24) is 9.97 Å². The molecule has 0 bridgehead atoms. The van der Waals surface area contributed by atoms with Crippen LogP contribution < -0.4 is 11.1 Å². The molecule has 1 aliphatic carbocycles. The van der Waals surface area contributed by atoms with Gasteiger partial charge in [0.15, 0.2) is 0 Å². The minimum atomic E-state index is -0.725. The number of hydrogen-bond acceptors (Lipinski definition) is 4. The molecule has 0 atom stereocenters. The van der Waals surface area contributed by atoms with Crippen molar-refractivity contribution in [3.63, 3.8) is 0 Å². The van der Waals surface area contributed by atoms with E-state index in [1.165, 1.54) is 42.5 Å². The summed E-state index contributed by atoms with van der Waals surface area (Å²) in [6.07, 6.45) is 8.05. The quantitative estimate of drug-likeness (QED) is 0.790. The number of nitrogens with one attached hydrogen (secondary N) is 2. The van der Waals surface area contributed by atoms with Crippen LogP contribution in [-0.4, -0.2) is 21.7 Å². The third-order valence-corrected chi connectivity index (χ3v) is 3.77. The normalized spacial score (nSPS) is 13.2. The fourth-order valence-corrected chi connectivity index (χ4v) is 2.73. The highest BCUT2D eigenvalue weighted by Gasteiger charge is 2.12. The summed E-state index contributed by atoms with van der Waals surface area (Å²) < 4.78 is 4.58. The molecule has 1 aromatic heterocycles. The summed E-state index contributed by atoms with van der Waals surface area (Å²) in [5.41, 5.74) is 8.50. The van der Waals surface area contributed by atoms with Gasteiger partial charge < -0.3 is 20.8 Å². The third-order valence-electron chi connectivity index (χ3n) is 3.77. The predicted molar refractivity (Wildman–Crippen MR) is 99.4 cm³/mol. The van der Waals surface area contributed by atoms with Crippen LogP contribution in [0.1, 0.15) is 50.6 Å². The van der Waals surface area contributed by atoms with Gasteiger partial charge in [-0.25, -0.2) is 9.78 Å². The first-order valence-corrected chi connectivity index (χ1v) is 8.66. The van der Waals surface area contributed by atoms with E-state index >= 15 is 0 Å². The Hall–Kier alpha value is -2.50. The lowest BCUT2D eigenvalue weighted by molar-refractivity contribution is 0.0600. The Morgan fingerprint density at radius 2 is 2.00 bits per heavy atom. The van der Waals surface area contributed by atoms with E-state index < -0.39 is 11.7 Å². The summed E-state index contributed by atoms with van der Waals surface area (Å²) in [6.45, 7) is 6.04. The Labute approximate surface area is 149 Å². The number of aryl methyl sites for hydroxylation is 2. The molecule has 0 saturated heterocycles. The summed E-state index contributed by atoms with van der Waals surface area (Å²) in [6, 6.07) is 6.73. The highest BCUT2D eigenvalue weighted by Crippen LogP contribution is 2.24. The van der Waals surface area contributed by atoms with Crippen molar-refractivity contribution in [3.05, 3.63) is 47.5 Å². The number of hydrogen-bond donors (Lipinski definition) is 3. The average Bonchev–Trinajstić information content (AvgIpc) is 3.04. The Balaban J connectivity index is 0.000000242. The van der Waals surface area contributed by atoms with Gasteiger partial charge in [-0.05, 0) is 69.7 Å². The maximum atomic E-state index is 10.0. The van der Waals surface area contributed by atoms with Crippen molar-refractivity contribution < 1.29 is 9.53 Å². The molecule has 0 aliphatic heterocycles. The molecule has 0 spiro atoms. The Bertz CT molecular complexity index is 675. The molecule has 6 nitrogen and oxygen atoms in total. The Kier molecular flexibility index (Phi) is 6.44. The number of anilines is 1. The minimum Gasteiger partial charge on any atom is -0.444 e. The maximum absolute atomic E-state index is 10.0. The molecule has 6 heteroatoms. The molecule has 1 amide bonds. The first-order valence-electron chi connectivity index (χ1n) is 8.66. The number of rotatable bonds is 3. The first-order chi connectivity index (χ1) is 11.8. The molecule has 4 N–H and O–H groups in total. The van der Waals surface area contributed by atoms with Crippen LogP contribution in [0.25, 0.3) is 0 Å². The fourth-order valence-electron chi connectivity index (χ4n) is 2.73. The van der Waals surface area contributed by atoms with Crippen LogP contribution >= 0.6 is 0 Å². The van der Waals surface area contributed by atoms with Crippen LogP contribution in [0.3, 0.4) is 0 Å². The largest absolute Gasteiger partial charge is 0.444 e. The van der Waals surface area contributed by atoms with Crippen molar-refractivity contribution in [3.8, 4) is 0 Å². The Morgan fingerprint density at radius 3 is 2.56 bits per heavy atom. The second-order valence-corrected chi connectivity index (χ2v) is 7.11. The number of amides is 1. The number of ether oxygens (including phenoxy) is 1. The van der Waals surface area contributed by atoms with Crippen LogP contribution in [0.2, 0.25) is 0 Å². The van der Waals surface area contributed by atoms with Gasteiger partial charge in [-0.3, -0.25) is 0 Å². The van der Waals surface area contributed by atoms with Crippen molar-refractivity contribution in [2.45, 2.75) is 58.6 Å². The topological polar surface area (TPSA) is 93.0 Å². The molecule has 136 valence electrons. The van der Waals surface area contributed by atoms with E-state index in [2.05, 4.69) is 38.2 Å². The smallest absolute Gasteiger partial charge is 0.405 e. The van der Waals surface area contributed by atoms with Crippen molar-refractivity contribution >= 4 is 11.8 Å². The molecule has 0 radical (unpaired) electrons. The summed E-state index contributed by atoms with van der Waals surface area (Å²) in [5, 5.41) is 3.40. The van der Waals surface area contributed by atoms with E-state index in [4.69, 9.17) is 5.73 Å². The molecule has 1 heterocycles. The average molecular weight is 344 g/mol. The SMILES string of the molecule is CC(C)(C)OC(N)=O.c1c[nH]c(CNc2ccc3c(c2)CCCC3)n1. The van der Waals surface area contributed by atoms with Gasteiger partial charge in [0.1, 0.15) is 11.4 Å². The summed E-state index contributed by atoms with van der Waals surface area (Å²) in [7, 11) is 0. The lowest BCUT2D eigenvalue weighted by atomic mass is 9.91. The molecule has 25 heavy (non-hydrogen) atoms. The maximum Gasteiger partial charge on any atom is 0.405 e. The van der Waals surface area contributed by atoms with Crippen molar-refractivity contribution in [2.24, 2.45) is 5.73 Å². The number of nitrogens with two attached hydrogens (primary N) is 1. The van der Waals surface area contributed by atoms with Gasteiger partial charge >= 0.3 is 6.09 Å². The molecule has 1 aliphatic rings. The van der Waals surface area contributed by atoms with E-state index in [0.717, 1.165) is 12.4 Å². The molecular weight excluding hydrogens is 316 g/mol. The van der Waals surface area contributed by atoms with E-state index in [1.807, 2.05) is 6.20 Å². The highest BCUT2D eigenvalue weighted by atomic mass is 16.6. The summed E-state index contributed by atoms with van der Waals surface area (Å²) >= 11 is 0. The summed E-state index contributed by atoms with van der Waals surface area (Å²) in [4.78, 5) is 17.3. The molecule has 1 aromatic carbocycles. The number of fused-ring (bicyclic) bond motifs is 1. The zero-order chi connectivity index (χ0) is 18.3. The molecule has 2 aromatic rings. The third kappa shape index (κ3) is 6.87. The number of primary amides is 1. The number of aromatic amines is 1. The van der Waals surface area contributed by atoms with Crippen LogP contribution in [0.15, 0.2) is 30.6 Å². The minimum absolute atomic E-state index is 0.453. The molecule has 0 fully saturated rings. The van der Waals surface area contributed by atoms with Gasteiger partial charge in [0.25, 0.3) is 0 Å². The second-order valence-electron chi connectivity index (χ2n) is 7.11. The number of carbonyl (C=O) groups excluding carboxylic acids is 1. The van der Waals surface area contributed by atoms with Crippen LogP contribution in [0.4, 0.5) is 10.5 Å². The Morgan fingerprint density at radius 1 is 1.28 bits per heavy atom. The van der Waals surface area contributed by atoms with Gasteiger partial charge in [-0.15, -0.1) is 0 Å². The highest BCUT2D eigenvalue weighted by molar-refractivity contribution is 5.65. The zero-order valence-corrected chi connectivity index (χ0v) is 15.3. The standard InChI is InChI=1S/C14H17N3.C5H11NO2/c1-2-4-12-9-13(6-5-11(12)3-1)17-10-14-15-7-8-16-14;1-5(2,3)8-4(6)7/h5-9,17H,1-4,10H2,(H,15,16);1-3H3,(H2,6,7). The van der Waals surface area contributed by atoms with Gasteiger partial charge in [0.05, 0.1) is 6.54 Å². The van der Waals surface area contributed by atoms with Crippen LogP contribution in [-0.2, 0) is 24.1 Å². The van der Waals surface area contributed by atoms with E-state index in [-0.39, 0.29) is 0 Å². The molecule has 0 saturated carbocycles. The number of nitrogens with zero attached hydrogens (tertiary/aromatic N) is 1. The van der Waals surface area contributed by atoms with Crippen LogP contribution in [0.5, 0.6) is 0 Å². The number of H-pyrrole nitrogens is 1. The van der Waals surface area contributed by atoms with Crippen LogP contribution in [0, 0.1) is 0 Å². The van der Waals surface area contributed by atoms with Crippen molar-refractivity contribution in [1.29, 1.82) is 0 Å². The lowest BCUT2D eigenvalue weighted by Crippen LogP contribution is -2.27. The first kappa shape index (κ1) is 18.8. The number of carbonyl (C=O) groups is 1. The second kappa shape index (κ2) is 8.55. The van der Waals surface area contributed by atoms with E-state index in [9.17, 15) is 4.79 Å². The monoisotopic (exact) mass is 344 g/mol. The number of benzene rings is 1. The van der Waals surface area contributed by atoms with Gasteiger partial charge in [0, 0.05) is 18.1 Å². The van der Waals surface area contributed by atoms with Gasteiger partial charge in [-0.1, -0.05) is 6.07 Å². The summed E-state index contributed by atoms with van der Waals surface area (Å²) in [5.74, 6) is 0.975. The lowest BCUT2D eigenvalue weighted by Gasteiger charge is -2.16. The molecular formula is C19H28N4O2. The van der Waals surface area contributed by atoms with Gasteiger partial charge in [0.2, 0.25) is 0 Å². The van der Waals surface area contributed by atoms with E-state index in [1.54, 1.807) is 27.0 Å².